The van der Waals surface area contributed by atoms with Crippen LogP contribution in [0.2, 0.25) is 0 Å². The van der Waals surface area contributed by atoms with Crippen LogP contribution in [0.25, 0.3) is 0 Å². The summed E-state index contributed by atoms with van der Waals surface area (Å²) < 4.78 is 5.33. The molecule has 110 valence electrons. The van der Waals surface area contributed by atoms with Crippen LogP contribution in [0.5, 0.6) is 0 Å². The maximum atomic E-state index is 11.3. The Morgan fingerprint density at radius 3 is 2.50 bits per heavy atom. The highest BCUT2D eigenvalue weighted by Crippen LogP contribution is 2.09. The van der Waals surface area contributed by atoms with Gasteiger partial charge in [-0.3, -0.25) is 9.69 Å². The predicted octanol–water partition coefficient (Wildman–Crippen LogP) is 0.516. The van der Waals surface area contributed by atoms with Crippen LogP contribution in [0.15, 0.2) is 24.3 Å². The molecular formula is C15H22N2O3. The normalized spacial score (nSPS) is 17.7. The molecule has 1 aliphatic rings. The van der Waals surface area contributed by atoms with Gasteiger partial charge in [-0.25, -0.2) is 0 Å². The van der Waals surface area contributed by atoms with Gasteiger partial charge in [0.05, 0.1) is 13.2 Å². The lowest BCUT2D eigenvalue weighted by Crippen LogP contribution is -2.35. The number of benzene rings is 1. The molecule has 1 unspecified atom stereocenters. The van der Waals surface area contributed by atoms with Gasteiger partial charge in [0.2, 0.25) is 5.91 Å². The number of ether oxygens (including phenoxy) is 1. The van der Waals surface area contributed by atoms with E-state index in [2.05, 4.69) is 22.3 Å². The third-order valence-corrected chi connectivity index (χ3v) is 3.38. The van der Waals surface area contributed by atoms with Crippen LogP contribution in [0.3, 0.4) is 0 Å². The molecule has 5 nitrogen and oxygen atoms in total. The number of carbonyl (C=O) groups excluding carboxylic acids is 1. The van der Waals surface area contributed by atoms with Crippen LogP contribution in [-0.4, -0.2) is 48.3 Å². The Hall–Kier alpha value is -1.43. The summed E-state index contributed by atoms with van der Waals surface area (Å²) in [6.07, 6.45) is -0.962. The van der Waals surface area contributed by atoms with E-state index in [-0.39, 0.29) is 5.91 Å². The van der Waals surface area contributed by atoms with Gasteiger partial charge in [0.15, 0.2) is 0 Å². The van der Waals surface area contributed by atoms with Crippen LogP contribution in [0.4, 0.5) is 0 Å². The lowest BCUT2D eigenvalue weighted by Gasteiger charge is -2.26. The van der Waals surface area contributed by atoms with Crippen molar-refractivity contribution in [3.05, 3.63) is 35.4 Å². The van der Waals surface area contributed by atoms with Crippen LogP contribution in [0, 0.1) is 0 Å². The minimum atomic E-state index is -0.962. The van der Waals surface area contributed by atoms with Gasteiger partial charge in [-0.05, 0) is 18.1 Å². The van der Waals surface area contributed by atoms with E-state index >= 15 is 0 Å². The summed E-state index contributed by atoms with van der Waals surface area (Å²) in [7, 11) is 0. The predicted molar refractivity (Wildman–Crippen MR) is 76.1 cm³/mol. The monoisotopic (exact) mass is 278 g/mol. The van der Waals surface area contributed by atoms with Gasteiger partial charge in [0.25, 0.3) is 0 Å². The van der Waals surface area contributed by atoms with E-state index in [4.69, 9.17) is 9.84 Å². The Balaban J connectivity index is 1.81. The summed E-state index contributed by atoms with van der Waals surface area (Å²) in [6.45, 7) is 6.41. The summed E-state index contributed by atoms with van der Waals surface area (Å²) in [5.74, 6) is -0.345. The van der Waals surface area contributed by atoms with E-state index < -0.39 is 6.10 Å². The van der Waals surface area contributed by atoms with Gasteiger partial charge in [-0.2, -0.15) is 0 Å². The molecule has 1 heterocycles. The fraction of sp³-hybridized carbons (Fsp3) is 0.533. The molecule has 1 saturated heterocycles. The molecule has 0 aliphatic carbocycles. The summed E-state index contributed by atoms with van der Waals surface area (Å²) in [5.41, 5.74) is 2.29. The standard InChI is InChI=1S/C15H22N2O3/c1-12(18)15(19)16-10-13-2-4-14(5-3-13)11-17-6-8-20-9-7-17/h2-5,12,18H,6-11H2,1H3,(H,16,19). The summed E-state index contributed by atoms with van der Waals surface area (Å²) in [5, 5.41) is 11.8. The lowest BCUT2D eigenvalue weighted by atomic mass is 10.1. The van der Waals surface area contributed by atoms with E-state index in [1.807, 2.05) is 12.1 Å². The molecule has 0 radical (unpaired) electrons. The molecule has 0 bridgehead atoms. The zero-order valence-corrected chi connectivity index (χ0v) is 11.8. The average molecular weight is 278 g/mol. The zero-order chi connectivity index (χ0) is 14.4. The molecule has 2 rings (SSSR count). The van der Waals surface area contributed by atoms with Crippen molar-refractivity contribution in [2.24, 2.45) is 0 Å². The fourth-order valence-electron chi connectivity index (χ4n) is 2.12. The molecule has 5 heteroatoms. The van der Waals surface area contributed by atoms with Crippen molar-refractivity contribution >= 4 is 5.91 Å². The number of hydrogen-bond acceptors (Lipinski definition) is 4. The highest BCUT2D eigenvalue weighted by Gasteiger charge is 2.11. The third kappa shape index (κ3) is 4.59. The van der Waals surface area contributed by atoms with Gasteiger partial charge in [0.1, 0.15) is 6.10 Å². The zero-order valence-electron chi connectivity index (χ0n) is 11.8. The topological polar surface area (TPSA) is 61.8 Å². The van der Waals surface area contributed by atoms with Crippen molar-refractivity contribution in [3.63, 3.8) is 0 Å². The molecular weight excluding hydrogens is 256 g/mol. The first-order valence-electron chi connectivity index (χ1n) is 6.99. The first-order chi connectivity index (χ1) is 9.65. The molecule has 1 atom stereocenters. The minimum absolute atomic E-state index is 0.345. The Bertz CT molecular complexity index is 425. The van der Waals surface area contributed by atoms with Crippen molar-refractivity contribution in [3.8, 4) is 0 Å². The highest BCUT2D eigenvalue weighted by molar-refractivity contribution is 5.79. The average Bonchev–Trinajstić information content (AvgIpc) is 2.47. The van der Waals surface area contributed by atoms with Gasteiger partial charge in [0, 0.05) is 26.2 Å². The maximum Gasteiger partial charge on any atom is 0.248 e. The first-order valence-corrected chi connectivity index (χ1v) is 6.99. The van der Waals surface area contributed by atoms with Crippen LogP contribution in [0.1, 0.15) is 18.1 Å². The second kappa shape index (κ2) is 7.38. The largest absolute Gasteiger partial charge is 0.384 e. The second-order valence-electron chi connectivity index (χ2n) is 5.10. The molecule has 2 N–H and O–H groups in total. The summed E-state index contributed by atoms with van der Waals surface area (Å²) >= 11 is 0. The summed E-state index contributed by atoms with van der Waals surface area (Å²) in [4.78, 5) is 13.6. The number of hydrogen-bond donors (Lipinski definition) is 2. The van der Waals surface area contributed by atoms with Gasteiger partial charge in [-0.1, -0.05) is 24.3 Å². The third-order valence-electron chi connectivity index (χ3n) is 3.38. The SMILES string of the molecule is CC(O)C(=O)NCc1ccc(CN2CCOCC2)cc1. The number of nitrogens with one attached hydrogen (secondary N) is 1. The van der Waals surface area contributed by atoms with Crippen molar-refractivity contribution in [2.45, 2.75) is 26.1 Å². The number of nitrogens with zero attached hydrogens (tertiary/aromatic N) is 1. The van der Waals surface area contributed by atoms with Crippen LogP contribution < -0.4 is 5.32 Å². The molecule has 1 aromatic carbocycles. The van der Waals surface area contributed by atoms with Gasteiger partial charge >= 0.3 is 0 Å². The fourth-order valence-corrected chi connectivity index (χ4v) is 2.12. The Morgan fingerprint density at radius 1 is 1.30 bits per heavy atom. The van der Waals surface area contributed by atoms with Gasteiger partial charge < -0.3 is 15.2 Å². The van der Waals surface area contributed by atoms with Crippen LogP contribution >= 0.6 is 0 Å². The Morgan fingerprint density at radius 2 is 1.90 bits per heavy atom. The van der Waals surface area contributed by atoms with Gasteiger partial charge in [-0.15, -0.1) is 0 Å². The maximum absolute atomic E-state index is 11.3. The molecule has 20 heavy (non-hydrogen) atoms. The van der Waals surface area contributed by atoms with Crippen molar-refractivity contribution < 1.29 is 14.6 Å². The first kappa shape index (κ1) is 15.0. The molecule has 1 aliphatic heterocycles. The van der Waals surface area contributed by atoms with Crippen molar-refractivity contribution in [1.29, 1.82) is 0 Å². The number of amides is 1. The van der Waals surface area contributed by atoms with Crippen LogP contribution in [-0.2, 0) is 22.6 Å². The number of aliphatic hydroxyl groups excluding tert-OH is 1. The molecule has 1 fully saturated rings. The Kier molecular flexibility index (Phi) is 5.52. The van der Waals surface area contributed by atoms with E-state index in [0.717, 1.165) is 38.4 Å². The molecule has 0 aromatic heterocycles. The quantitative estimate of drug-likeness (QED) is 0.824. The van der Waals surface area contributed by atoms with E-state index in [1.54, 1.807) is 0 Å². The molecule has 1 amide bonds. The van der Waals surface area contributed by atoms with E-state index in [1.165, 1.54) is 12.5 Å². The minimum Gasteiger partial charge on any atom is -0.384 e. The Labute approximate surface area is 119 Å². The highest BCUT2D eigenvalue weighted by atomic mass is 16.5. The number of morpholine rings is 1. The number of rotatable bonds is 5. The summed E-state index contributed by atoms with van der Waals surface area (Å²) in [6, 6.07) is 8.19. The van der Waals surface area contributed by atoms with Crippen molar-refractivity contribution in [1.82, 2.24) is 10.2 Å². The molecule has 0 saturated carbocycles. The second-order valence-corrected chi connectivity index (χ2v) is 5.10. The van der Waals surface area contributed by atoms with E-state index in [0.29, 0.717) is 6.54 Å². The molecule has 0 spiro atoms. The molecule has 1 aromatic rings. The van der Waals surface area contributed by atoms with E-state index in [9.17, 15) is 4.79 Å². The number of carbonyl (C=O) groups is 1. The number of aliphatic hydroxyl groups is 1. The lowest BCUT2D eigenvalue weighted by molar-refractivity contribution is -0.128. The smallest absolute Gasteiger partial charge is 0.248 e. The van der Waals surface area contributed by atoms with Crippen molar-refractivity contribution in [2.75, 3.05) is 26.3 Å².